The fraction of sp³-hybridized carbons (Fsp3) is 1.00. The van der Waals surface area contributed by atoms with Crippen molar-refractivity contribution in [2.45, 2.75) is 6.23 Å². The molecule has 0 amide bonds. The highest BCUT2D eigenvalue weighted by Gasteiger charge is 2.19. The van der Waals surface area contributed by atoms with Crippen LogP contribution in [0.25, 0.3) is 0 Å². The van der Waals surface area contributed by atoms with Gasteiger partial charge >= 0.3 is 0 Å². The average molecular weight is 148 g/mol. The van der Waals surface area contributed by atoms with E-state index in [-0.39, 0.29) is 6.23 Å². The Labute approximate surface area is 60.5 Å². The van der Waals surface area contributed by atoms with Gasteiger partial charge in [-0.25, -0.2) is 4.31 Å². The summed E-state index contributed by atoms with van der Waals surface area (Å²) < 4.78 is 11.8. The van der Waals surface area contributed by atoms with E-state index in [0.29, 0.717) is 6.61 Å². The van der Waals surface area contributed by atoms with Crippen molar-refractivity contribution >= 4 is 12.8 Å². The SMILES string of the molecule is COC1COCCN1[S]. The van der Waals surface area contributed by atoms with E-state index in [0.717, 1.165) is 13.2 Å². The first kappa shape index (κ1) is 7.34. The van der Waals surface area contributed by atoms with Crippen molar-refractivity contribution in [3.05, 3.63) is 0 Å². The van der Waals surface area contributed by atoms with Crippen molar-refractivity contribution in [1.82, 2.24) is 4.31 Å². The molecule has 1 radical (unpaired) electrons. The fourth-order valence-electron chi connectivity index (χ4n) is 0.751. The van der Waals surface area contributed by atoms with Gasteiger partial charge in [-0.05, 0) is 0 Å². The molecule has 1 unspecified atom stereocenters. The van der Waals surface area contributed by atoms with Crippen LogP contribution in [-0.4, -0.2) is 37.4 Å². The van der Waals surface area contributed by atoms with E-state index in [1.165, 1.54) is 0 Å². The molecule has 0 N–H and O–H groups in total. The van der Waals surface area contributed by atoms with Crippen LogP contribution in [0, 0.1) is 0 Å². The number of rotatable bonds is 1. The molecule has 9 heavy (non-hydrogen) atoms. The lowest BCUT2D eigenvalue weighted by Gasteiger charge is -2.28. The third kappa shape index (κ3) is 1.82. The Morgan fingerprint density at radius 2 is 2.56 bits per heavy atom. The zero-order valence-corrected chi connectivity index (χ0v) is 6.19. The summed E-state index contributed by atoms with van der Waals surface area (Å²) in [5.74, 6) is 0. The number of morpholine rings is 1. The Hall–Kier alpha value is 0.230. The first-order valence-corrected chi connectivity index (χ1v) is 3.25. The molecule has 0 bridgehead atoms. The Morgan fingerprint density at radius 3 is 3.00 bits per heavy atom. The first-order valence-electron chi connectivity index (χ1n) is 2.89. The number of hydrogen-bond donors (Lipinski definition) is 0. The van der Waals surface area contributed by atoms with Crippen molar-refractivity contribution < 1.29 is 9.47 Å². The summed E-state index contributed by atoms with van der Waals surface area (Å²) in [6.07, 6.45) is -0.0197. The smallest absolute Gasteiger partial charge is 0.143 e. The van der Waals surface area contributed by atoms with Gasteiger partial charge in [0.15, 0.2) is 0 Å². The van der Waals surface area contributed by atoms with Gasteiger partial charge in [0.05, 0.1) is 13.2 Å². The molecule has 0 aromatic rings. The van der Waals surface area contributed by atoms with E-state index in [2.05, 4.69) is 0 Å². The van der Waals surface area contributed by atoms with Gasteiger partial charge in [0.2, 0.25) is 0 Å². The topological polar surface area (TPSA) is 21.7 Å². The van der Waals surface area contributed by atoms with Gasteiger partial charge in [-0.1, -0.05) is 0 Å². The number of hydrogen-bond acceptors (Lipinski definition) is 3. The van der Waals surface area contributed by atoms with Gasteiger partial charge in [0.25, 0.3) is 0 Å². The highest BCUT2D eigenvalue weighted by Crippen LogP contribution is 2.08. The molecule has 0 saturated carbocycles. The van der Waals surface area contributed by atoms with E-state index in [9.17, 15) is 0 Å². The van der Waals surface area contributed by atoms with Crippen LogP contribution in [-0.2, 0) is 9.47 Å². The Kier molecular flexibility index (Phi) is 2.78. The lowest BCUT2D eigenvalue weighted by atomic mass is 10.5. The van der Waals surface area contributed by atoms with Crippen LogP contribution in [0.5, 0.6) is 0 Å². The fourth-order valence-corrected chi connectivity index (χ4v) is 0.973. The quantitative estimate of drug-likeness (QED) is 0.537. The second-order valence-corrected chi connectivity index (χ2v) is 2.37. The number of nitrogens with zero attached hydrogens (tertiary/aromatic N) is 1. The molecule has 53 valence electrons. The van der Waals surface area contributed by atoms with Crippen molar-refractivity contribution in [2.24, 2.45) is 0 Å². The van der Waals surface area contributed by atoms with Crippen LogP contribution >= 0.6 is 12.8 Å². The summed E-state index contributed by atoms with van der Waals surface area (Å²) in [4.78, 5) is 0. The van der Waals surface area contributed by atoms with Crippen LogP contribution in [0.15, 0.2) is 0 Å². The summed E-state index contributed by atoms with van der Waals surface area (Å²) >= 11 is 4.94. The number of ether oxygens (including phenoxy) is 2. The minimum atomic E-state index is -0.0197. The molecule has 1 rings (SSSR count). The Bertz CT molecular complexity index is 91.0. The molecule has 0 aromatic heterocycles. The summed E-state index contributed by atoms with van der Waals surface area (Å²) in [6.45, 7) is 2.11. The first-order chi connectivity index (χ1) is 4.34. The summed E-state index contributed by atoms with van der Waals surface area (Å²) in [5.41, 5.74) is 0. The van der Waals surface area contributed by atoms with Crippen molar-refractivity contribution in [3.63, 3.8) is 0 Å². The van der Waals surface area contributed by atoms with Gasteiger partial charge in [-0.3, -0.25) is 0 Å². The van der Waals surface area contributed by atoms with Crippen LogP contribution in [0.1, 0.15) is 0 Å². The van der Waals surface area contributed by atoms with Gasteiger partial charge in [-0.15, -0.1) is 0 Å². The number of methoxy groups -OCH3 is 1. The molecule has 3 nitrogen and oxygen atoms in total. The van der Waals surface area contributed by atoms with E-state index in [1.807, 2.05) is 0 Å². The van der Waals surface area contributed by atoms with Crippen LogP contribution in [0.3, 0.4) is 0 Å². The molecule has 0 aromatic carbocycles. The standard InChI is InChI=1S/C5H10NO2S/c1-7-5-4-8-3-2-6(5)9/h5H,2-4H2,1H3. The van der Waals surface area contributed by atoms with Gasteiger partial charge in [-0.2, -0.15) is 0 Å². The molecule has 1 fully saturated rings. The van der Waals surface area contributed by atoms with Gasteiger partial charge < -0.3 is 9.47 Å². The lowest BCUT2D eigenvalue weighted by Crippen LogP contribution is -2.40. The van der Waals surface area contributed by atoms with Crippen LogP contribution in [0.2, 0.25) is 0 Å². The zero-order chi connectivity index (χ0) is 6.69. The van der Waals surface area contributed by atoms with E-state index >= 15 is 0 Å². The van der Waals surface area contributed by atoms with Crippen molar-refractivity contribution in [1.29, 1.82) is 0 Å². The van der Waals surface area contributed by atoms with Crippen molar-refractivity contribution in [2.75, 3.05) is 26.9 Å². The average Bonchev–Trinajstić information content (AvgIpc) is 1.89. The molecular formula is C5H10NO2S. The molecule has 1 saturated heterocycles. The van der Waals surface area contributed by atoms with E-state index in [1.54, 1.807) is 11.4 Å². The molecule has 1 atom stereocenters. The predicted octanol–water partition coefficient (Wildman–Crippen LogP) is 0.404. The summed E-state index contributed by atoms with van der Waals surface area (Å²) in [6, 6.07) is 0. The molecule has 0 aliphatic carbocycles. The maximum atomic E-state index is 5.11. The molecule has 4 heteroatoms. The zero-order valence-electron chi connectivity index (χ0n) is 5.37. The van der Waals surface area contributed by atoms with Crippen LogP contribution < -0.4 is 0 Å². The normalized spacial score (nSPS) is 30.7. The van der Waals surface area contributed by atoms with Crippen molar-refractivity contribution in [3.8, 4) is 0 Å². The minimum Gasteiger partial charge on any atom is -0.376 e. The van der Waals surface area contributed by atoms with E-state index < -0.39 is 0 Å². The Morgan fingerprint density at radius 1 is 1.78 bits per heavy atom. The second-order valence-electron chi connectivity index (χ2n) is 1.91. The monoisotopic (exact) mass is 148 g/mol. The maximum absolute atomic E-state index is 5.11. The maximum Gasteiger partial charge on any atom is 0.143 e. The van der Waals surface area contributed by atoms with Crippen LogP contribution in [0.4, 0.5) is 0 Å². The molecule has 1 heterocycles. The second kappa shape index (κ2) is 3.41. The third-order valence-corrected chi connectivity index (χ3v) is 1.73. The molecule has 1 aliphatic rings. The molecule has 0 spiro atoms. The summed E-state index contributed by atoms with van der Waals surface area (Å²) in [7, 11) is 1.64. The Balaban J connectivity index is 2.30. The highest BCUT2D eigenvalue weighted by atomic mass is 32.1. The molecule has 1 aliphatic heterocycles. The van der Waals surface area contributed by atoms with E-state index in [4.69, 9.17) is 22.3 Å². The lowest BCUT2D eigenvalue weighted by molar-refractivity contribution is -0.0828. The minimum absolute atomic E-state index is 0.0197. The summed E-state index contributed by atoms with van der Waals surface area (Å²) in [5, 5.41) is 0. The third-order valence-electron chi connectivity index (χ3n) is 1.31. The highest BCUT2D eigenvalue weighted by molar-refractivity contribution is 7.77. The van der Waals surface area contributed by atoms with Gasteiger partial charge in [0, 0.05) is 26.5 Å². The predicted molar refractivity (Wildman–Crippen MR) is 35.9 cm³/mol. The van der Waals surface area contributed by atoms with Gasteiger partial charge in [0.1, 0.15) is 6.23 Å². The largest absolute Gasteiger partial charge is 0.376 e. The molecular weight excluding hydrogens is 138 g/mol.